The molecular formula is C21H20F6N2O2. The molecule has 1 amide bonds. The minimum atomic E-state index is -4.74. The van der Waals surface area contributed by atoms with Crippen LogP contribution in [-0.2, 0) is 23.7 Å². The van der Waals surface area contributed by atoms with E-state index in [9.17, 15) is 35.9 Å². The number of rotatable bonds is 8. The van der Waals surface area contributed by atoms with E-state index in [0.29, 0.717) is 11.8 Å². The van der Waals surface area contributed by atoms with Gasteiger partial charge in [0.25, 0.3) is 5.91 Å². The number of amides is 1. The molecule has 10 heteroatoms. The summed E-state index contributed by atoms with van der Waals surface area (Å²) in [6.45, 7) is -0.252. The van der Waals surface area contributed by atoms with Gasteiger partial charge in [-0.3, -0.25) is 4.79 Å². The Balaban J connectivity index is 2.09. The molecule has 0 heterocycles. The van der Waals surface area contributed by atoms with Crippen molar-refractivity contribution in [2.24, 2.45) is 0 Å². The topological polar surface area (TPSA) is 40.6 Å². The van der Waals surface area contributed by atoms with Crippen molar-refractivity contribution in [2.75, 3.05) is 26.7 Å². The van der Waals surface area contributed by atoms with E-state index >= 15 is 0 Å². The molecule has 31 heavy (non-hydrogen) atoms. The fraction of sp³-hybridized carbons (Fsp3) is 0.333. The Morgan fingerprint density at radius 2 is 1.61 bits per heavy atom. The molecule has 168 valence electrons. The number of benzene rings is 2. The molecule has 0 aliphatic carbocycles. The van der Waals surface area contributed by atoms with Crippen LogP contribution >= 0.6 is 0 Å². The van der Waals surface area contributed by atoms with Crippen LogP contribution in [0.2, 0.25) is 0 Å². The summed E-state index contributed by atoms with van der Waals surface area (Å²) in [6, 6.07) is 9.02. The lowest BCUT2D eigenvalue weighted by Crippen LogP contribution is -2.39. The maximum absolute atomic E-state index is 13.2. The molecule has 0 saturated carbocycles. The zero-order valence-corrected chi connectivity index (χ0v) is 16.5. The van der Waals surface area contributed by atoms with Gasteiger partial charge in [0.2, 0.25) is 0 Å². The van der Waals surface area contributed by atoms with Gasteiger partial charge in [-0.2, -0.15) is 26.3 Å². The lowest BCUT2D eigenvalue weighted by molar-refractivity contribution is -0.138. The first-order chi connectivity index (χ1) is 14.4. The van der Waals surface area contributed by atoms with Gasteiger partial charge >= 0.3 is 12.4 Å². The van der Waals surface area contributed by atoms with Gasteiger partial charge in [0.1, 0.15) is 6.29 Å². The molecular weight excluding hydrogens is 426 g/mol. The largest absolute Gasteiger partial charge is 0.417 e. The van der Waals surface area contributed by atoms with Gasteiger partial charge in [0.05, 0.1) is 23.2 Å². The van der Waals surface area contributed by atoms with E-state index in [1.165, 1.54) is 18.2 Å². The molecule has 2 aromatic carbocycles. The molecule has 0 radical (unpaired) electrons. The first-order valence-corrected chi connectivity index (χ1v) is 9.17. The molecule has 2 aromatic rings. The van der Waals surface area contributed by atoms with Gasteiger partial charge in [-0.15, -0.1) is 0 Å². The van der Waals surface area contributed by atoms with Crippen LogP contribution in [0.3, 0.4) is 0 Å². The first-order valence-electron chi connectivity index (χ1n) is 9.17. The standard InChI is InChI=1S/C21H20F6N2O2/c1-28(14-15-5-4-6-16(13-15)20(22,23)24)9-10-29(11-12-30)19(31)17-7-2-3-8-18(17)21(25,26)27/h2-8,12-13H,9-11,14H2,1H3. The Bertz CT molecular complexity index is 911. The minimum absolute atomic E-state index is 0.0841. The average Bonchev–Trinajstić information content (AvgIpc) is 2.69. The van der Waals surface area contributed by atoms with E-state index in [2.05, 4.69) is 0 Å². The highest BCUT2D eigenvalue weighted by molar-refractivity contribution is 5.96. The molecule has 0 N–H and O–H groups in total. The summed E-state index contributed by atoms with van der Waals surface area (Å²) >= 11 is 0. The number of carbonyl (C=O) groups excluding carboxylic acids is 2. The van der Waals surface area contributed by atoms with Crippen LogP contribution in [-0.4, -0.2) is 48.7 Å². The van der Waals surface area contributed by atoms with E-state index in [0.717, 1.165) is 35.2 Å². The summed E-state index contributed by atoms with van der Waals surface area (Å²) in [5.74, 6) is -0.951. The molecule has 0 spiro atoms. The number of nitrogens with zero attached hydrogens (tertiary/aromatic N) is 2. The molecule has 0 fully saturated rings. The Morgan fingerprint density at radius 1 is 0.935 bits per heavy atom. The SMILES string of the molecule is CN(CCN(CC=O)C(=O)c1ccccc1C(F)(F)F)Cc1cccc(C(F)(F)F)c1. The fourth-order valence-corrected chi connectivity index (χ4v) is 2.98. The summed E-state index contributed by atoms with van der Waals surface area (Å²) in [6.07, 6.45) is -8.81. The summed E-state index contributed by atoms with van der Waals surface area (Å²) in [4.78, 5) is 26.2. The van der Waals surface area contributed by atoms with Crippen LogP contribution in [0.15, 0.2) is 48.5 Å². The van der Waals surface area contributed by atoms with E-state index in [1.54, 1.807) is 11.9 Å². The monoisotopic (exact) mass is 446 g/mol. The van der Waals surface area contributed by atoms with Crippen molar-refractivity contribution in [3.05, 3.63) is 70.8 Å². The molecule has 0 aromatic heterocycles. The Labute approximate surface area is 175 Å². The number of hydrogen-bond acceptors (Lipinski definition) is 3. The number of aldehydes is 1. The van der Waals surface area contributed by atoms with Crippen LogP contribution in [0.1, 0.15) is 27.0 Å². The third kappa shape index (κ3) is 6.81. The van der Waals surface area contributed by atoms with Gasteiger partial charge in [-0.1, -0.05) is 30.3 Å². The van der Waals surface area contributed by atoms with Crippen molar-refractivity contribution in [3.63, 3.8) is 0 Å². The maximum atomic E-state index is 13.2. The highest BCUT2D eigenvalue weighted by atomic mass is 19.4. The maximum Gasteiger partial charge on any atom is 0.417 e. The number of alkyl halides is 6. The van der Waals surface area contributed by atoms with Crippen molar-refractivity contribution in [1.29, 1.82) is 0 Å². The first kappa shape index (κ1) is 24.4. The molecule has 0 unspecified atom stereocenters. The highest BCUT2D eigenvalue weighted by Crippen LogP contribution is 2.32. The van der Waals surface area contributed by atoms with Crippen LogP contribution in [0.4, 0.5) is 26.3 Å². The normalized spacial score (nSPS) is 12.1. The second kappa shape index (κ2) is 9.95. The van der Waals surface area contributed by atoms with Crippen LogP contribution < -0.4 is 0 Å². The van der Waals surface area contributed by atoms with E-state index in [4.69, 9.17) is 0 Å². The number of hydrogen-bond donors (Lipinski definition) is 0. The summed E-state index contributed by atoms with van der Waals surface area (Å²) in [5, 5.41) is 0. The third-order valence-corrected chi connectivity index (χ3v) is 4.50. The lowest BCUT2D eigenvalue weighted by atomic mass is 10.1. The van der Waals surface area contributed by atoms with Crippen LogP contribution in [0.5, 0.6) is 0 Å². The lowest BCUT2D eigenvalue weighted by Gasteiger charge is -2.25. The van der Waals surface area contributed by atoms with Gasteiger partial charge in [0, 0.05) is 19.6 Å². The Kier molecular flexibility index (Phi) is 7.83. The quantitative estimate of drug-likeness (QED) is 0.443. The number of likely N-dealkylation sites (N-methyl/N-ethyl adjacent to an activating group) is 1. The molecule has 0 bridgehead atoms. The van der Waals surface area contributed by atoms with Gasteiger partial charge in [-0.05, 0) is 30.8 Å². The van der Waals surface area contributed by atoms with Gasteiger partial charge < -0.3 is 14.6 Å². The highest BCUT2D eigenvalue weighted by Gasteiger charge is 2.36. The summed E-state index contributed by atoms with van der Waals surface area (Å²) in [5.41, 5.74) is -2.08. The van der Waals surface area contributed by atoms with Crippen LogP contribution in [0, 0.1) is 0 Å². The predicted molar refractivity (Wildman–Crippen MR) is 101 cm³/mol. The van der Waals surface area contributed by atoms with E-state index in [-0.39, 0.29) is 19.6 Å². The second-order valence-electron chi connectivity index (χ2n) is 6.90. The Morgan fingerprint density at radius 3 is 2.23 bits per heavy atom. The number of carbonyl (C=O) groups is 2. The zero-order chi connectivity index (χ0) is 23.2. The van der Waals surface area contributed by atoms with E-state index < -0.39 is 41.5 Å². The van der Waals surface area contributed by atoms with Crippen molar-refractivity contribution in [3.8, 4) is 0 Å². The molecule has 0 aliphatic rings. The molecule has 0 aliphatic heterocycles. The minimum Gasteiger partial charge on any atom is -0.330 e. The predicted octanol–water partition coefficient (Wildman–Crippen LogP) is 4.50. The summed E-state index contributed by atoms with van der Waals surface area (Å²) in [7, 11) is 1.59. The Hall–Kier alpha value is -2.88. The van der Waals surface area contributed by atoms with Crippen molar-refractivity contribution < 1.29 is 35.9 Å². The van der Waals surface area contributed by atoms with Gasteiger partial charge in [-0.25, -0.2) is 0 Å². The third-order valence-electron chi connectivity index (χ3n) is 4.50. The van der Waals surface area contributed by atoms with Crippen LogP contribution in [0.25, 0.3) is 0 Å². The number of halogens is 6. The zero-order valence-electron chi connectivity index (χ0n) is 16.5. The smallest absolute Gasteiger partial charge is 0.330 e. The second-order valence-corrected chi connectivity index (χ2v) is 6.90. The molecule has 0 atom stereocenters. The van der Waals surface area contributed by atoms with Crippen molar-refractivity contribution >= 4 is 12.2 Å². The molecule has 4 nitrogen and oxygen atoms in total. The van der Waals surface area contributed by atoms with Crippen molar-refractivity contribution in [1.82, 2.24) is 9.80 Å². The average molecular weight is 446 g/mol. The summed E-state index contributed by atoms with van der Waals surface area (Å²) < 4.78 is 78.1. The van der Waals surface area contributed by atoms with E-state index in [1.807, 2.05) is 0 Å². The molecule has 2 rings (SSSR count). The fourth-order valence-electron chi connectivity index (χ4n) is 2.98. The van der Waals surface area contributed by atoms with Gasteiger partial charge in [0.15, 0.2) is 0 Å². The molecule has 0 saturated heterocycles. The van der Waals surface area contributed by atoms with Crippen molar-refractivity contribution in [2.45, 2.75) is 18.9 Å².